The third-order valence-electron chi connectivity index (χ3n) is 1.54. The summed E-state index contributed by atoms with van der Waals surface area (Å²) < 4.78 is 30.8. The molecule has 1 aromatic rings. The molecule has 0 bridgehead atoms. The minimum Gasteiger partial charge on any atom is -0.349 e. The molecule has 0 spiro atoms. The van der Waals surface area contributed by atoms with E-state index in [4.69, 9.17) is 5.48 Å². The van der Waals surface area contributed by atoms with Gasteiger partial charge in [0.05, 0.1) is 11.9 Å². The number of amides is 1. The lowest BCUT2D eigenvalue weighted by Crippen LogP contribution is -2.23. The third kappa shape index (κ3) is 2.99. The van der Waals surface area contributed by atoms with E-state index in [2.05, 4.69) is 0 Å². The van der Waals surface area contributed by atoms with Crippen LogP contribution in [0.2, 0.25) is 0 Å². The molecular formula is C10H12INO. The molecule has 0 fully saturated rings. The monoisotopic (exact) mass is 293 g/mol. The quantitative estimate of drug-likeness (QED) is 0.763. The minimum absolute atomic E-state index is 0.0118. The summed E-state index contributed by atoms with van der Waals surface area (Å²) in [6, 6.07) is -0.781. The van der Waals surface area contributed by atoms with Gasteiger partial charge in [-0.25, -0.2) is 0 Å². The van der Waals surface area contributed by atoms with Crippen LogP contribution in [-0.2, 0) is 11.2 Å². The predicted octanol–water partition coefficient (Wildman–Crippen LogP) is 1.92. The number of halogens is 1. The summed E-state index contributed by atoms with van der Waals surface area (Å²) >= 11 is 1.85. The molecule has 0 atom stereocenters. The zero-order chi connectivity index (χ0) is 13.3. The van der Waals surface area contributed by atoms with E-state index >= 15 is 0 Å². The highest BCUT2D eigenvalue weighted by molar-refractivity contribution is 14.1. The molecule has 0 aliphatic rings. The summed E-state index contributed by atoms with van der Waals surface area (Å²) in [5, 5.41) is 0. The van der Waals surface area contributed by atoms with E-state index in [9.17, 15) is 4.79 Å². The van der Waals surface area contributed by atoms with Crippen molar-refractivity contribution in [3.05, 3.63) is 33.3 Å². The molecule has 70 valence electrons. The average Bonchev–Trinajstić information content (AvgIpc) is 2.29. The number of rotatable bonds is 2. The van der Waals surface area contributed by atoms with Gasteiger partial charge in [-0.1, -0.05) is 18.1 Å². The Bertz CT molecular complexity index is 447. The summed E-state index contributed by atoms with van der Waals surface area (Å²) in [7, 11) is 3.22. The minimum atomic E-state index is -0.294. The van der Waals surface area contributed by atoms with Gasteiger partial charge in [0, 0.05) is 17.7 Å². The number of nitrogens with zero attached hydrogens (tertiary/aromatic N) is 1. The molecule has 0 radical (unpaired) electrons. The summed E-state index contributed by atoms with van der Waals surface area (Å²) in [5.74, 6) is -0.187. The summed E-state index contributed by atoms with van der Waals surface area (Å²) in [6.45, 7) is 0. The van der Waals surface area contributed by atoms with Crippen molar-refractivity contribution in [1.29, 1.82) is 0 Å². The molecular weight excluding hydrogens is 277 g/mol. The lowest BCUT2D eigenvalue weighted by molar-refractivity contribution is -0.127. The molecule has 3 heteroatoms. The SMILES string of the molecule is [2H]c1c([2H])c([2H])c(CC(=O)N(C)C)c(I)c1[2H]. The number of carbonyl (C=O) groups is 1. The summed E-state index contributed by atoms with van der Waals surface area (Å²) in [6.07, 6.45) is -0.0118. The van der Waals surface area contributed by atoms with E-state index in [0.717, 1.165) is 0 Å². The van der Waals surface area contributed by atoms with Gasteiger partial charge in [-0.15, -0.1) is 0 Å². The van der Waals surface area contributed by atoms with Crippen LogP contribution in [-0.4, -0.2) is 24.9 Å². The van der Waals surface area contributed by atoms with E-state index in [0.29, 0.717) is 9.13 Å². The van der Waals surface area contributed by atoms with Gasteiger partial charge in [0.15, 0.2) is 0 Å². The fraction of sp³-hybridized carbons (Fsp3) is 0.300. The molecule has 1 rings (SSSR count). The number of likely N-dealkylation sites (N-methyl/N-ethyl adjacent to an activating group) is 1. The standard InChI is InChI=1S/C10H12INO/c1-12(2)10(13)7-8-5-3-4-6-9(8)11/h3-6H,7H2,1-2H3/i3D,4D,5D,6D. The summed E-state index contributed by atoms with van der Waals surface area (Å²) in [5.41, 5.74) is 0.357. The Labute approximate surface area is 97.7 Å². The van der Waals surface area contributed by atoms with Crippen LogP contribution in [0.1, 0.15) is 11.0 Å². The maximum Gasteiger partial charge on any atom is 0.226 e. The molecule has 1 amide bonds. The van der Waals surface area contributed by atoms with Crippen LogP contribution in [0.5, 0.6) is 0 Å². The van der Waals surface area contributed by atoms with E-state index in [1.165, 1.54) is 4.90 Å². The van der Waals surface area contributed by atoms with Gasteiger partial charge in [0.25, 0.3) is 0 Å². The second kappa shape index (κ2) is 4.60. The molecule has 13 heavy (non-hydrogen) atoms. The smallest absolute Gasteiger partial charge is 0.226 e. The lowest BCUT2D eigenvalue weighted by atomic mass is 10.1. The Hall–Kier alpha value is -0.580. The first-order chi connectivity index (χ1) is 7.77. The molecule has 0 unspecified atom stereocenters. The van der Waals surface area contributed by atoms with Gasteiger partial charge in [0.2, 0.25) is 5.91 Å². The Balaban J connectivity index is 3.30. The van der Waals surface area contributed by atoms with Crippen LogP contribution in [0.25, 0.3) is 0 Å². The molecule has 0 saturated heterocycles. The van der Waals surface area contributed by atoms with Gasteiger partial charge in [-0.2, -0.15) is 0 Å². The van der Waals surface area contributed by atoms with E-state index in [-0.39, 0.29) is 36.5 Å². The molecule has 0 aliphatic heterocycles. The van der Waals surface area contributed by atoms with E-state index in [1.54, 1.807) is 14.1 Å². The molecule has 0 aromatic heterocycles. The fourth-order valence-corrected chi connectivity index (χ4v) is 1.21. The average molecular weight is 293 g/mol. The van der Waals surface area contributed by atoms with Crippen LogP contribution in [0.3, 0.4) is 0 Å². The molecule has 0 aliphatic carbocycles. The number of hydrogen-bond donors (Lipinski definition) is 0. The second-order valence-electron chi connectivity index (χ2n) is 2.76. The Morgan fingerprint density at radius 3 is 2.77 bits per heavy atom. The molecule has 2 nitrogen and oxygen atoms in total. The van der Waals surface area contributed by atoms with Crippen LogP contribution in [0.15, 0.2) is 24.2 Å². The van der Waals surface area contributed by atoms with E-state index in [1.807, 2.05) is 22.6 Å². The number of hydrogen-bond acceptors (Lipinski definition) is 1. The molecule has 0 saturated carbocycles. The first kappa shape index (κ1) is 6.01. The van der Waals surface area contributed by atoms with Gasteiger partial charge >= 0.3 is 0 Å². The fourth-order valence-electron chi connectivity index (χ4n) is 0.754. The van der Waals surface area contributed by atoms with Crippen LogP contribution in [0, 0.1) is 3.57 Å². The maximum atomic E-state index is 11.6. The third-order valence-corrected chi connectivity index (χ3v) is 2.46. The topological polar surface area (TPSA) is 20.3 Å². The predicted molar refractivity (Wildman–Crippen MR) is 61.6 cm³/mol. The van der Waals surface area contributed by atoms with Crippen LogP contribution < -0.4 is 0 Å². The normalized spacial score (nSPS) is 14.1. The van der Waals surface area contributed by atoms with Crippen LogP contribution >= 0.6 is 22.6 Å². The van der Waals surface area contributed by atoms with Crippen molar-refractivity contribution in [2.45, 2.75) is 6.42 Å². The Morgan fingerprint density at radius 1 is 1.54 bits per heavy atom. The maximum absolute atomic E-state index is 11.6. The molecule has 0 heterocycles. The van der Waals surface area contributed by atoms with Gasteiger partial charge in [0.1, 0.15) is 0 Å². The van der Waals surface area contributed by atoms with Crippen molar-refractivity contribution >= 4 is 28.5 Å². The molecule has 0 N–H and O–H groups in total. The Kier molecular flexibility index (Phi) is 2.13. The first-order valence-corrected chi connectivity index (χ1v) is 4.80. The highest BCUT2D eigenvalue weighted by atomic mass is 127. The Morgan fingerprint density at radius 2 is 2.15 bits per heavy atom. The second-order valence-corrected chi connectivity index (χ2v) is 3.84. The van der Waals surface area contributed by atoms with Gasteiger partial charge in [-0.05, 0) is 34.2 Å². The van der Waals surface area contributed by atoms with Crippen molar-refractivity contribution in [2.24, 2.45) is 0 Å². The van der Waals surface area contributed by atoms with Gasteiger partial charge < -0.3 is 4.90 Å². The zero-order valence-electron chi connectivity index (χ0n) is 11.4. The molecule has 1 aromatic carbocycles. The zero-order valence-corrected chi connectivity index (χ0v) is 9.60. The van der Waals surface area contributed by atoms with E-state index < -0.39 is 0 Å². The number of carbonyl (C=O) groups excluding carboxylic acids is 1. The van der Waals surface area contributed by atoms with Crippen molar-refractivity contribution in [3.63, 3.8) is 0 Å². The van der Waals surface area contributed by atoms with Crippen molar-refractivity contribution in [2.75, 3.05) is 14.1 Å². The largest absolute Gasteiger partial charge is 0.349 e. The summed E-state index contributed by atoms with van der Waals surface area (Å²) in [4.78, 5) is 13.0. The first-order valence-electron chi connectivity index (χ1n) is 5.72. The lowest BCUT2D eigenvalue weighted by Gasteiger charge is -2.10. The van der Waals surface area contributed by atoms with Crippen LogP contribution in [0.4, 0.5) is 0 Å². The van der Waals surface area contributed by atoms with Crippen molar-refractivity contribution in [1.82, 2.24) is 4.90 Å². The van der Waals surface area contributed by atoms with Crippen molar-refractivity contribution < 1.29 is 10.3 Å². The van der Waals surface area contributed by atoms with Crippen molar-refractivity contribution in [3.8, 4) is 0 Å². The number of benzene rings is 1. The highest BCUT2D eigenvalue weighted by Crippen LogP contribution is 2.12. The van der Waals surface area contributed by atoms with Gasteiger partial charge in [-0.3, -0.25) is 4.79 Å². The highest BCUT2D eigenvalue weighted by Gasteiger charge is 2.07.